The van der Waals surface area contributed by atoms with Gasteiger partial charge in [-0.1, -0.05) is 38.1 Å². The van der Waals surface area contributed by atoms with Gasteiger partial charge in [-0.3, -0.25) is 9.69 Å². The number of carbonyl (C=O) groups is 1. The van der Waals surface area contributed by atoms with Crippen molar-refractivity contribution in [1.29, 1.82) is 0 Å². The van der Waals surface area contributed by atoms with Crippen molar-refractivity contribution in [1.82, 2.24) is 19.8 Å². The third-order valence-electron chi connectivity index (χ3n) is 5.45. The number of carbonyl (C=O) groups excluding carboxylic acids is 1. The van der Waals surface area contributed by atoms with E-state index < -0.39 is 0 Å². The molecule has 28 heavy (non-hydrogen) atoms. The summed E-state index contributed by atoms with van der Waals surface area (Å²) in [6.07, 6.45) is 7.55. The summed E-state index contributed by atoms with van der Waals surface area (Å²) in [6, 6.07) is 9.29. The van der Waals surface area contributed by atoms with Crippen LogP contribution in [0.15, 0.2) is 36.7 Å². The summed E-state index contributed by atoms with van der Waals surface area (Å²) in [5.74, 6) is 1.78. The lowest BCUT2D eigenvalue weighted by atomic mass is 10.0. The standard InChI is InChI=1S/C23H34N4O/c1-18(2)15-20-6-8-21(9-7-20)16-26-12-4-5-22(17-26)25-23(28)10-13-27-14-11-24-19(27)3/h6-9,11,14,18,22H,4-5,10,12-13,15-17H2,1-3H3,(H,25,28)/t22-/m1/s1. The molecule has 0 radical (unpaired) electrons. The van der Waals surface area contributed by atoms with Crippen molar-refractivity contribution in [3.63, 3.8) is 0 Å². The SMILES string of the molecule is Cc1nccn1CCC(=O)N[C@@H]1CCCN(Cc2ccc(CC(C)C)cc2)C1. The van der Waals surface area contributed by atoms with Gasteiger partial charge >= 0.3 is 0 Å². The smallest absolute Gasteiger partial charge is 0.222 e. The van der Waals surface area contributed by atoms with Gasteiger partial charge in [-0.05, 0) is 49.8 Å². The number of rotatable bonds is 8. The van der Waals surface area contributed by atoms with Gasteiger partial charge in [-0.2, -0.15) is 0 Å². The summed E-state index contributed by atoms with van der Waals surface area (Å²) in [4.78, 5) is 19.0. The van der Waals surface area contributed by atoms with Crippen LogP contribution in [0.3, 0.4) is 0 Å². The molecule has 5 heteroatoms. The Morgan fingerprint density at radius 3 is 2.68 bits per heavy atom. The number of aromatic nitrogens is 2. The van der Waals surface area contributed by atoms with Gasteiger partial charge in [0.25, 0.3) is 0 Å². The zero-order valence-electron chi connectivity index (χ0n) is 17.5. The van der Waals surface area contributed by atoms with Crippen LogP contribution in [0, 0.1) is 12.8 Å². The monoisotopic (exact) mass is 382 g/mol. The van der Waals surface area contributed by atoms with Crippen molar-refractivity contribution in [2.45, 2.75) is 65.6 Å². The molecule has 1 amide bonds. The molecule has 5 nitrogen and oxygen atoms in total. The van der Waals surface area contributed by atoms with Crippen molar-refractivity contribution in [3.05, 3.63) is 53.6 Å². The minimum atomic E-state index is 0.137. The normalized spacial score (nSPS) is 17.8. The maximum Gasteiger partial charge on any atom is 0.222 e. The first-order chi connectivity index (χ1) is 13.5. The maximum absolute atomic E-state index is 12.3. The molecule has 1 N–H and O–H groups in total. The summed E-state index contributed by atoms with van der Waals surface area (Å²) in [6.45, 7) is 10.2. The van der Waals surface area contributed by atoms with E-state index in [-0.39, 0.29) is 11.9 Å². The Hall–Kier alpha value is -2.14. The molecule has 2 heterocycles. The molecule has 0 aliphatic carbocycles. The number of benzene rings is 1. The zero-order valence-corrected chi connectivity index (χ0v) is 17.5. The molecule has 1 atom stereocenters. The number of aryl methyl sites for hydroxylation is 2. The molecule has 1 saturated heterocycles. The molecule has 152 valence electrons. The first-order valence-electron chi connectivity index (χ1n) is 10.6. The van der Waals surface area contributed by atoms with Gasteiger partial charge in [-0.15, -0.1) is 0 Å². The Kier molecular flexibility index (Phi) is 7.26. The number of nitrogens with zero attached hydrogens (tertiary/aromatic N) is 3. The average molecular weight is 383 g/mol. The third kappa shape index (κ3) is 6.20. The van der Waals surface area contributed by atoms with Crippen molar-refractivity contribution >= 4 is 5.91 Å². The lowest BCUT2D eigenvalue weighted by Crippen LogP contribution is -2.47. The number of piperidine rings is 1. The molecule has 1 aromatic heterocycles. The molecule has 0 unspecified atom stereocenters. The van der Waals surface area contributed by atoms with Crippen LogP contribution >= 0.6 is 0 Å². The second-order valence-electron chi connectivity index (χ2n) is 8.47. The number of imidazole rings is 1. The number of hydrogen-bond donors (Lipinski definition) is 1. The van der Waals surface area contributed by atoms with Crippen LogP contribution in [0.5, 0.6) is 0 Å². The summed E-state index contributed by atoms with van der Waals surface area (Å²) in [7, 11) is 0. The first kappa shape index (κ1) is 20.6. The zero-order chi connectivity index (χ0) is 19.9. The minimum Gasteiger partial charge on any atom is -0.352 e. The highest BCUT2D eigenvalue weighted by molar-refractivity contribution is 5.76. The molecule has 2 aromatic rings. The fraction of sp³-hybridized carbons (Fsp3) is 0.565. The van der Waals surface area contributed by atoms with Crippen molar-refractivity contribution < 1.29 is 4.79 Å². The predicted molar refractivity (Wildman–Crippen MR) is 113 cm³/mol. The lowest BCUT2D eigenvalue weighted by molar-refractivity contribution is -0.122. The molecule has 0 bridgehead atoms. The molecule has 1 aliphatic heterocycles. The van der Waals surface area contributed by atoms with E-state index in [9.17, 15) is 4.79 Å². The summed E-state index contributed by atoms with van der Waals surface area (Å²) in [5.41, 5.74) is 2.77. The molecule has 0 spiro atoms. The highest BCUT2D eigenvalue weighted by atomic mass is 16.1. The van der Waals surface area contributed by atoms with Crippen LogP contribution in [0.2, 0.25) is 0 Å². The Balaban J connectivity index is 1.44. The quantitative estimate of drug-likeness (QED) is 0.759. The molecule has 1 aromatic carbocycles. The van der Waals surface area contributed by atoms with E-state index in [1.807, 2.05) is 17.7 Å². The van der Waals surface area contributed by atoms with Crippen LogP contribution in [0.25, 0.3) is 0 Å². The number of likely N-dealkylation sites (tertiary alicyclic amines) is 1. The highest BCUT2D eigenvalue weighted by Crippen LogP contribution is 2.16. The van der Waals surface area contributed by atoms with Crippen LogP contribution < -0.4 is 5.32 Å². The molecule has 3 rings (SSSR count). The Labute approximate surface area is 169 Å². The predicted octanol–water partition coefficient (Wildman–Crippen LogP) is 3.56. The van der Waals surface area contributed by atoms with Crippen LogP contribution in [-0.2, 0) is 24.3 Å². The largest absolute Gasteiger partial charge is 0.352 e. The molecule has 1 aliphatic rings. The van der Waals surface area contributed by atoms with E-state index in [0.717, 1.165) is 44.7 Å². The van der Waals surface area contributed by atoms with Crippen LogP contribution in [0.1, 0.15) is 50.1 Å². The van der Waals surface area contributed by atoms with Gasteiger partial charge in [0, 0.05) is 44.5 Å². The summed E-state index contributed by atoms with van der Waals surface area (Å²) < 4.78 is 2.02. The van der Waals surface area contributed by atoms with Gasteiger partial charge in [0.2, 0.25) is 5.91 Å². The maximum atomic E-state index is 12.3. The van der Waals surface area contributed by atoms with E-state index in [4.69, 9.17) is 0 Å². The van der Waals surface area contributed by atoms with Crippen LogP contribution in [0.4, 0.5) is 0 Å². The molecule has 1 fully saturated rings. The fourth-order valence-corrected chi connectivity index (χ4v) is 3.99. The molecular weight excluding hydrogens is 348 g/mol. The topological polar surface area (TPSA) is 50.2 Å². The first-order valence-corrected chi connectivity index (χ1v) is 10.6. The Morgan fingerprint density at radius 2 is 2.00 bits per heavy atom. The molecule has 0 saturated carbocycles. The average Bonchev–Trinajstić information content (AvgIpc) is 3.06. The Bertz CT molecular complexity index is 750. The van der Waals surface area contributed by atoms with E-state index in [1.165, 1.54) is 11.1 Å². The second kappa shape index (κ2) is 9.87. The van der Waals surface area contributed by atoms with Gasteiger partial charge in [-0.25, -0.2) is 4.98 Å². The summed E-state index contributed by atoms with van der Waals surface area (Å²) in [5, 5.41) is 3.23. The number of hydrogen-bond acceptors (Lipinski definition) is 3. The third-order valence-corrected chi connectivity index (χ3v) is 5.45. The van der Waals surface area contributed by atoms with Crippen molar-refractivity contribution in [3.8, 4) is 0 Å². The number of amides is 1. The molecular formula is C23H34N4O. The van der Waals surface area contributed by atoms with Crippen molar-refractivity contribution in [2.75, 3.05) is 13.1 Å². The van der Waals surface area contributed by atoms with E-state index in [0.29, 0.717) is 18.9 Å². The van der Waals surface area contributed by atoms with Crippen molar-refractivity contribution in [2.24, 2.45) is 5.92 Å². The van der Waals surface area contributed by atoms with E-state index in [1.54, 1.807) is 6.20 Å². The summed E-state index contributed by atoms with van der Waals surface area (Å²) >= 11 is 0. The highest BCUT2D eigenvalue weighted by Gasteiger charge is 2.21. The minimum absolute atomic E-state index is 0.137. The van der Waals surface area contributed by atoms with Crippen LogP contribution in [-0.4, -0.2) is 39.5 Å². The van der Waals surface area contributed by atoms with E-state index in [2.05, 4.69) is 53.3 Å². The van der Waals surface area contributed by atoms with Gasteiger partial charge in [0.05, 0.1) is 0 Å². The Morgan fingerprint density at radius 1 is 1.25 bits per heavy atom. The van der Waals surface area contributed by atoms with Gasteiger partial charge < -0.3 is 9.88 Å². The fourth-order valence-electron chi connectivity index (χ4n) is 3.99. The van der Waals surface area contributed by atoms with Gasteiger partial charge in [0.1, 0.15) is 5.82 Å². The lowest BCUT2D eigenvalue weighted by Gasteiger charge is -2.33. The second-order valence-corrected chi connectivity index (χ2v) is 8.47. The van der Waals surface area contributed by atoms with Gasteiger partial charge in [0.15, 0.2) is 0 Å². The number of nitrogens with one attached hydrogen (secondary N) is 1. The van der Waals surface area contributed by atoms with E-state index >= 15 is 0 Å².